The summed E-state index contributed by atoms with van der Waals surface area (Å²) in [6.45, 7) is 0. The van der Waals surface area contributed by atoms with Crippen molar-refractivity contribution in [3.63, 3.8) is 0 Å². The quantitative estimate of drug-likeness (QED) is 0.180. The van der Waals surface area contributed by atoms with E-state index < -0.39 is 0 Å². The second kappa shape index (κ2) is 10.3. The average Bonchev–Trinajstić information content (AvgIpc) is 3.76. The number of aromatic nitrogens is 3. The molecule has 11 rings (SSSR count). The Kier molecular flexibility index (Phi) is 5.60. The molecule has 0 saturated heterocycles. The zero-order chi connectivity index (χ0) is 32.8. The zero-order valence-electron chi connectivity index (χ0n) is 26.6. The van der Waals surface area contributed by atoms with Gasteiger partial charge in [-0.05, 0) is 57.3 Å². The highest BCUT2D eigenvalue weighted by molar-refractivity contribution is 6.23. The van der Waals surface area contributed by atoms with Gasteiger partial charge in [0.25, 0.3) is 0 Å². The Balaban J connectivity index is 1.30. The van der Waals surface area contributed by atoms with E-state index in [1.807, 2.05) is 60.7 Å². The number of hydrogen-bond donors (Lipinski definition) is 0. The molecule has 0 saturated carbocycles. The lowest BCUT2D eigenvalue weighted by Gasteiger charge is -2.15. The Morgan fingerprint density at radius 3 is 1.40 bits per heavy atom. The first-order chi connectivity index (χ1) is 24.8. The summed E-state index contributed by atoms with van der Waals surface area (Å²) in [6.07, 6.45) is 0. The summed E-state index contributed by atoms with van der Waals surface area (Å²) in [6, 6.07) is 52.1. The molecule has 0 fully saturated rings. The maximum atomic E-state index is 6.31. The minimum atomic E-state index is 0.577. The maximum Gasteiger partial charge on any atom is 0.164 e. The molecule has 0 N–H and O–H groups in total. The van der Waals surface area contributed by atoms with Crippen molar-refractivity contribution in [1.29, 1.82) is 0 Å². The number of benzene rings is 8. The lowest BCUT2D eigenvalue weighted by molar-refractivity contribution is 0.668. The van der Waals surface area contributed by atoms with Gasteiger partial charge in [0.15, 0.2) is 17.5 Å². The van der Waals surface area contributed by atoms with E-state index in [1.54, 1.807) is 0 Å². The molecule has 50 heavy (non-hydrogen) atoms. The highest BCUT2D eigenvalue weighted by Crippen LogP contribution is 2.42. The smallest absolute Gasteiger partial charge is 0.164 e. The van der Waals surface area contributed by atoms with Crippen LogP contribution in [-0.4, -0.2) is 15.0 Å². The molecule has 3 heterocycles. The van der Waals surface area contributed by atoms with Crippen LogP contribution in [0.1, 0.15) is 0 Å². The summed E-state index contributed by atoms with van der Waals surface area (Å²) in [5.74, 6) is 1.76. The van der Waals surface area contributed by atoms with Crippen LogP contribution in [0.15, 0.2) is 160 Å². The van der Waals surface area contributed by atoms with Gasteiger partial charge in [-0.25, -0.2) is 15.0 Å². The molecule has 5 heteroatoms. The summed E-state index contributed by atoms with van der Waals surface area (Å²) in [7, 11) is 0. The van der Waals surface area contributed by atoms with Gasteiger partial charge in [0.1, 0.15) is 22.3 Å². The van der Waals surface area contributed by atoms with E-state index in [0.717, 1.165) is 87.5 Å². The molecule has 0 aliphatic rings. The topological polar surface area (TPSA) is 65.0 Å². The summed E-state index contributed by atoms with van der Waals surface area (Å²) in [4.78, 5) is 16.0. The van der Waals surface area contributed by atoms with Crippen molar-refractivity contribution >= 4 is 76.2 Å². The first-order valence-corrected chi connectivity index (χ1v) is 16.7. The second-order valence-electron chi connectivity index (χ2n) is 12.7. The van der Waals surface area contributed by atoms with Crippen LogP contribution in [0.5, 0.6) is 0 Å². The van der Waals surface area contributed by atoms with Gasteiger partial charge >= 0.3 is 0 Å². The molecule has 0 spiro atoms. The van der Waals surface area contributed by atoms with E-state index in [-0.39, 0.29) is 0 Å². The van der Waals surface area contributed by atoms with Crippen molar-refractivity contribution < 1.29 is 8.83 Å². The van der Waals surface area contributed by atoms with Gasteiger partial charge in [-0.1, -0.05) is 121 Å². The predicted molar refractivity (Wildman–Crippen MR) is 203 cm³/mol. The Labute approximate surface area is 285 Å². The van der Waals surface area contributed by atoms with Gasteiger partial charge < -0.3 is 8.83 Å². The molecule has 0 radical (unpaired) electrons. The summed E-state index contributed by atoms with van der Waals surface area (Å²) in [5.41, 5.74) is 5.95. The van der Waals surface area contributed by atoms with Gasteiger partial charge in [-0.2, -0.15) is 0 Å². The molecule has 0 unspecified atom stereocenters. The highest BCUT2D eigenvalue weighted by Gasteiger charge is 2.22. The van der Waals surface area contributed by atoms with Crippen LogP contribution in [0.4, 0.5) is 0 Å². The molecule has 3 aromatic heterocycles. The molecule has 0 aliphatic carbocycles. The van der Waals surface area contributed by atoms with Crippen molar-refractivity contribution in [3.05, 3.63) is 152 Å². The molecule has 0 atom stereocenters. The summed E-state index contributed by atoms with van der Waals surface area (Å²) >= 11 is 0. The van der Waals surface area contributed by atoms with Crippen LogP contribution in [0, 0.1) is 0 Å². The first-order valence-electron chi connectivity index (χ1n) is 16.7. The predicted octanol–water partition coefficient (Wildman–Crippen LogP) is 12.1. The normalized spacial score (nSPS) is 12.0. The molecule has 0 bridgehead atoms. The fourth-order valence-electron chi connectivity index (χ4n) is 7.72. The van der Waals surface area contributed by atoms with Crippen LogP contribution in [0.25, 0.3) is 110 Å². The maximum absolute atomic E-state index is 6.31. The molecule has 5 nitrogen and oxygen atoms in total. The number of rotatable bonds is 3. The number of para-hydroxylation sites is 2. The van der Waals surface area contributed by atoms with Crippen molar-refractivity contribution in [1.82, 2.24) is 15.0 Å². The lowest BCUT2D eigenvalue weighted by Crippen LogP contribution is -2.01. The molecular weight excluding hydrogens is 615 g/mol. The van der Waals surface area contributed by atoms with Crippen LogP contribution in [0.2, 0.25) is 0 Å². The van der Waals surface area contributed by atoms with Gasteiger partial charge in [0, 0.05) is 43.6 Å². The van der Waals surface area contributed by atoms with E-state index in [0.29, 0.717) is 17.5 Å². The molecule has 11 aromatic rings. The third kappa shape index (κ3) is 3.92. The van der Waals surface area contributed by atoms with E-state index in [1.165, 1.54) is 5.39 Å². The van der Waals surface area contributed by atoms with Crippen molar-refractivity contribution in [3.8, 4) is 34.2 Å². The Morgan fingerprint density at radius 1 is 0.300 bits per heavy atom. The Bertz CT molecular complexity index is 3040. The molecular formula is C45H25N3O2. The third-order valence-electron chi connectivity index (χ3n) is 9.91. The minimum absolute atomic E-state index is 0.577. The minimum Gasteiger partial charge on any atom is -0.456 e. The standard InChI is InChI=1S/C45H25N3O2/c1-4-14-29-26(11-1)23-24-30-28-13-3-2-12-27(28)25-35(40(29)30)45-47-43(33-17-9-21-38-41(33)31-15-5-7-19-36(31)49-38)46-44(48-45)34-18-10-22-39-42(34)32-16-6-8-20-37(32)50-39/h1-25H. The molecule has 232 valence electrons. The van der Waals surface area contributed by atoms with Crippen LogP contribution < -0.4 is 0 Å². The average molecular weight is 640 g/mol. The van der Waals surface area contributed by atoms with Crippen molar-refractivity contribution in [2.75, 3.05) is 0 Å². The van der Waals surface area contributed by atoms with Gasteiger partial charge in [-0.15, -0.1) is 0 Å². The lowest BCUT2D eigenvalue weighted by atomic mass is 9.92. The van der Waals surface area contributed by atoms with E-state index in [4.69, 9.17) is 23.8 Å². The molecule has 0 aliphatic heterocycles. The summed E-state index contributed by atoms with van der Waals surface area (Å²) in [5, 5.41) is 10.9. The second-order valence-corrected chi connectivity index (χ2v) is 12.7. The van der Waals surface area contributed by atoms with Gasteiger partial charge in [-0.3, -0.25) is 0 Å². The molecule has 0 amide bonds. The number of nitrogens with zero attached hydrogens (tertiary/aromatic N) is 3. The first kappa shape index (κ1) is 27.1. The zero-order valence-corrected chi connectivity index (χ0v) is 26.6. The van der Waals surface area contributed by atoms with Gasteiger partial charge in [0.05, 0.1) is 0 Å². The summed E-state index contributed by atoms with van der Waals surface area (Å²) < 4.78 is 12.6. The largest absolute Gasteiger partial charge is 0.456 e. The Hall–Kier alpha value is -6.85. The fraction of sp³-hybridized carbons (Fsp3) is 0. The molecule has 8 aromatic carbocycles. The van der Waals surface area contributed by atoms with Gasteiger partial charge in [0.2, 0.25) is 0 Å². The fourth-order valence-corrected chi connectivity index (χ4v) is 7.72. The van der Waals surface area contributed by atoms with E-state index >= 15 is 0 Å². The monoisotopic (exact) mass is 639 g/mol. The van der Waals surface area contributed by atoms with Crippen LogP contribution in [-0.2, 0) is 0 Å². The van der Waals surface area contributed by atoms with Crippen LogP contribution >= 0.6 is 0 Å². The number of fused-ring (bicyclic) bond motifs is 11. The van der Waals surface area contributed by atoms with E-state index in [2.05, 4.69) is 91.0 Å². The van der Waals surface area contributed by atoms with E-state index in [9.17, 15) is 0 Å². The number of hydrogen-bond acceptors (Lipinski definition) is 5. The third-order valence-corrected chi connectivity index (χ3v) is 9.91. The van der Waals surface area contributed by atoms with Crippen LogP contribution in [0.3, 0.4) is 0 Å². The number of furan rings is 2. The van der Waals surface area contributed by atoms with Crippen molar-refractivity contribution in [2.45, 2.75) is 0 Å². The Morgan fingerprint density at radius 2 is 0.780 bits per heavy atom. The SMILES string of the molecule is c1ccc2c(c1)cc(-c1nc(-c3cccc4oc5ccccc5c34)nc(-c3cccc4oc5ccccc5c34)n1)c1c3ccccc3ccc21. The van der Waals surface area contributed by atoms with Crippen molar-refractivity contribution in [2.24, 2.45) is 0 Å². The highest BCUT2D eigenvalue weighted by atomic mass is 16.3.